The zero-order valence-corrected chi connectivity index (χ0v) is 15.3. The van der Waals surface area contributed by atoms with Crippen molar-refractivity contribution in [2.75, 3.05) is 13.2 Å². The van der Waals surface area contributed by atoms with Gasteiger partial charge in [0.1, 0.15) is 17.0 Å². The van der Waals surface area contributed by atoms with E-state index in [9.17, 15) is 18.4 Å². The van der Waals surface area contributed by atoms with Crippen LogP contribution >= 0.6 is 0 Å². The number of benzene rings is 1. The lowest BCUT2D eigenvalue weighted by atomic mass is 10.1. The van der Waals surface area contributed by atoms with E-state index in [2.05, 4.69) is 14.6 Å². The molecular formula is C18H20F2N2O5. The second-order valence-electron chi connectivity index (χ2n) is 5.41. The van der Waals surface area contributed by atoms with Crippen LogP contribution in [-0.2, 0) is 15.9 Å². The molecule has 1 aromatic heterocycles. The van der Waals surface area contributed by atoms with Gasteiger partial charge in [-0.3, -0.25) is 0 Å². The van der Waals surface area contributed by atoms with Crippen molar-refractivity contribution in [3.8, 4) is 11.4 Å². The molecule has 146 valence electrons. The summed E-state index contributed by atoms with van der Waals surface area (Å²) in [5.74, 6) is -2.76. The van der Waals surface area contributed by atoms with Gasteiger partial charge in [-0.2, -0.15) is 5.10 Å². The maximum Gasteiger partial charge on any atom is 0.516 e. The molecule has 0 saturated heterocycles. The Hall–Kier alpha value is -2.97. The first kappa shape index (κ1) is 20.3. The number of carbonyl (C=O) groups is 2. The third-order valence-corrected chi connectivity index (χ3v) is 3.53. The molecule has 0 aliphatic rings. The first-order valence-corrected chi connectivity index (χ1v) is 8.50. The van der Waals surface area contributed by atoms with Crippen LogP contribution < -0.4 is 4.74 Å². The Morgan fingerprint density at radius 2 is 1.78 bits per heavy atom. The van der Waals surface area contributed by atoms with E-state index in [1.807, 2.05) is 6.92 Å². The molecular weight excluding hydrogens is 362 g/mol. The van der Waals surface area contributed by atoms with Crippen molar-refractivity contribution in [1.29, 1.82) is 0 Å². The lowest BCUT2D eigenvalue weighted by molar-refractivity contribution is 0.0400. The highest BCUT2D eigenvalue weighted by Crippen LogP contribution is 2.26. The summed E-state index contributed by atoms with van der Waals surface area (Å²) in [5.41, 5.74) is -0.302. The van der Waals surface area contributed by atoms with Crippen molar-refractivity contribution in [2.24, 2.45) is 0 Å². The quantitative estimate of drug-likeness (QED) is 0.535. The smallest absolute Gasteiger partial charge is 0.494 e. The van der Waals surface area contributed by atoms with E-state index in [-0.39, 0.29) is 36.6 Å². The largest absolute Gasteiger partial charge is 0.516 e. The normalized spacial score (nSPS) is 10.6. The molecule has 7 nitrogen and oxygen atoms in total. The predicted molar refractivity (Wildman–Crippen MR) is 91.1 cm³/mol. The van der Waals surface area contributed by atoms with Crippen molar-refractivity contribution in [3.05, 3.63) is 41.2 Å². The highest BCUT2D eigenvalue weighted by Gasteiger charge is 2.25. The molecule has 0 saturated carbocycles. The van der Waals surface area contributed by atoms with Gasteiger partial charge >= 0.3 is 12.1 Å². The Morgan fingerprint density at radius 1 is 1.11 bits per heavy atom. The van der Waals surface area contributed by atoms with Gasteiger partial charge < -0.3 is 14.2 Å². The predicted octanol–water partition coefficient (Wildman–Crippen LogP) is 3.82. The lowest BCUT2D eigenvalue weighted by Crippen LogP contribution is -2.16. The molecule has 2 rings (SSSR count). The van der Waals surface area contributed by atoms with Crippen molar-refractivity contribution in [2.45, 2.75) is 33.6 Å². The highest BCUT2D eigenvalue weighted by molar-refractivity contribution is 5.96. The summed E-state index contributed by atoms with van der Waals surface area (Å²) in [4.78, 5) is 23.5. The Labute approximate surface area is 154 Å². The summed E-state index contributed by atoms with van der Waals surface area (Å²) in [6.45, 7) is 5.37. The van der Waals surface area contributed by atoms with E-state index in [0.29, 0.717) is 6.42 Å². The minimum absolute atomic E-state index is 0.0375. The first-order valence-electron chi connectivity index (χ1n) is 8.50. The van der Waals surface area contributed by atoms with Gasteiger partial charge in [-0.1, -0.05) is 13.3 Å². The van der Waals surface area contributed by atoms with E-state index in [4.69, 9.17) is 4.74 Å². The van der Waals surface area contributed by atoms with Crippen molar-refractivity contribution in [3.63, 3.8) is 0 Å². The maximum absolute atomic E-state index is 14.5. The minimum Gasteiger partial charge on any atom is -0.494 e. The third kappa shape index (κ3) is 4.60. The van der Waals surface area contributed by atoms with Gasteiger partial charge in [-0.25, -0.2) is 23.1 Å². The summed E-state index contributed by atoms with van der Waals surface area (Å²) in [6, 6.07) is 2.08. The van der Waals surface area contributed by atoms with Crippen LogP contribution in [-0.4, -0.2) is 35.1 Å². The number of esters is 1. The summed E-state index contributed by atoms with van der Waals surface area (Å²) in [5, 5.41) is 3.92. The average molecular weight is 382 g/mol. The minimum atomic E-state index is -1.16. The van der Waals surface area contributed by atoms with E-state index < -0.39 is 29.4 Å². The average Bonchev–Trinajstić information content (AvgIpc) is 2.99. The topological polar surface area (TPSA) is 79.7 Å². The Balaban J connectivity index is 2.46. The van der Waals surface area contributed by atoms with Crippen LogP contribution in [0.15, 0.2) is 18.3 Å². The number of ether oxygens (including phenoxy) is 3. The zero-order chi connectivity index (χ0) is 20.0. The van der Waals surface area contributed by atoms with Crippen LogP contribution in [0.5, 0.6) is 5.75 Å². The van der Waals surface area contributed by atoms with E-state index in [0.717, 1.165) is 23.0 Å². The van der Waals surface area contributed by atoms with Crippen molar-refractivity contribution >= 4 is 12.1 Å². The molecule has 2 aromatic rings. The standard InChI is InChI=1S/C18H20F2N2O5/c1-4-7-15-12(17(23)27-18(24)26-6-3)10-21-22(15)16-13(19)8-11(25-5-2)9-14(16)20/h8-10H,4-7H2,1-3H3. The van der Waals surface area contributed by atoms with Gasteiger partial charge in [-0.05, 0) is 20.3 Å². The van der Waals surface area contributed by atoms with Gasteiger partial charge in [0.15, 0.2) is 11.6 Å². The molecule has 0 aliphatic carbocycles. The first-order chi connectivity index (χ1) is 12.9. The number of hydrogen-bond donors (Lipinski definition) is 0. The van der Waals surface area contributed by atoms with Gasteiger partial charge in [0.2, 0.25) is 0 Å². The molecule has 9 heteroatoms. The lowest BCUT2D eigenvalue weighted by Gasteiger charge is -2.12. The third-order valence-electron chi connectivity index (χ3n) is 3.53. The number of nitrogens with zero attached hydrogens (tertiary/aromatic N) is 2. The molecule has 0 fully saturated rings. The summed E-state index contributed by atoms with van der Waals surface area (Å²) < 4.78 is 44.2. The molecule has 0 unspecified atom stereocenters. The molecule has 1 heterocycles. The summed E-state index contributed by atoms with van der Waals surface area (Å²) in [7, 11) is 0. The monoisotopic (exact) mass is 382 g/mol. The SMILES string of the molecule is CCCc1c(C(=O)OC(=O)OCC)cnn1-c1c(F)cc(OCC)cc1F. The van der Waals surface area contributed by atoms with Crippen LogP contribution in [0.4, 0.5) is 13.6 Å². The van der Waals surface area contributed by atoms with Gasteiger partial charge in [0.25, 0.3) is 0 Å². The van der Waals surface area contributed by atoms with Crippen molar-refractivity contribution < 1.29 is 32.6 Å². The Bertz CT molecular complexity index is 812. The van der Waals surface area contributed by atoms with Crippen LogP contribution in [0.1, 0.15) is 43.2 Å². The van der Waals surface area contributed by atoms with Crippen LogP contribution in [0, 0.1) is 11.6 Å². The molecule has 0 bridgehead atoms. The van der Waals surface area contributed by atoms with E-state index in [1.165, 1.54) is 0 Å². The molecule has 0 N–H and O–H groups in total. The van der Waals surface area contributed by atoms with Crippen LogP contribution in [0.3, 0.4) is 0 Å². The fraction of sp³-hybridized carbons (Fsp3) is 0.389. The van der Waals surface area contributed by atoms with Gasteiger partial charge in [0, 0.05) is 12.1 Å². The molecule has 0 atom stereocenters. The fourth-order valence-electron chi connectivity index (χ4n) is 2.49. The number of aromatic nitrogens is 2. The van der Waals surface area contributed by atoms with E-state index >= 15 is 0 Å². The number of rotatable bonds is 7. The number of halogens is 2. The molecule has 27 heavy (non-hydrogen) atoms. The van der Waals surface area contributed by atoms with Gasteiger partial charge in [0.05, 0.1) is 25.1 Å². The second kappa shape index (κ2) is 9.11. The summed E-state index contributed by atoms with van der Waals surface area (Å²) in [6.07, 6.45) is 0.781. The molecule has 1 aromatic carbocycles. The van der Waals surface area contributed by atoms with E-state index in [1.54, 1.807) is 13.8 Å². The maximum atomic E-state index is 14.5. The molecule has 0 aliphatic heterocycles. The number of hydrogen-bond acceptors (Lipinski definition) is 6. The number of carbonyl (C=O) groups excluding carboxylic acids is 2. The Kier molecular flexibility index (Phi) is 6.86. The molecule has 0 spiro atoms. The molecule has 0 amide bonds. The van der Waals surface area contributed by atoms with Crippen LogP contribution in [0.2, 0.25) is 0 Å². The van der Waals surface area contributed by atoms with Crippen molar-refractivity contribution in [1.82, 2.24) is 9.78 Å². The van der Waals surface area contributed by atoms with Gasteiger partial charge in [-0.15, -0.1) is 0 Å². The summed E-state index contributed by atoms with van der Waals surface area (Å²) >= 11 is 0. The zero-order valence-electron chi connectivity index (χ0n) is 15.3. The molecule has 0 radical (unpaired) electrons. The highest BCUT2D eigenvalue weighted by atomic mass is 19.1. The second-order valence-corrected chi connectivity index (χ2v) is 5.41. The van der Waals surface area contributed by atoms with Crippen LogP contribution in [0.25, 0.3) is 5.69 Å². The Morgan fingerprint density at radius 3 is 2.33 bits per heavy atom. The fourth-order valence-corrected chi connectivity index (χ4v) is 2.49.